The van der Waals surface area contributed by atoms with Crippen LogP contribution in [0.4, 0.5) is 5.69 Å². The van der Waals surface area contributed by atoms with Crippen molar-refractivity contribution in [2.24, 2.45) is 17.1 Å². The van der Waals surface area contributed by atoms with E-state index >= 15 is 0 Å². The van der Waals surface area contributed by atoms with E-state index in [1.165, 1.54) is 47.9 Å². The number of fused-ring (bicyclic) bond motifs is 1. The number of rotatable bonds is 8. The third-order valence-corrected chi connectivity index (χ3v) is 8.12. The lowest BCUT2D eigenvalue weighted by molar-refractivity contribution is -0.163. The summed E-state index contributed by atoms with van der Waals surface area (Å²) in [6.45, 7) is 3.38. The molecule has 186 valence electrons. The minimum atomic E-state index is -1.25. The van der Waals surface area contributed by atoms with Crippen LogP contribution in [0.3, 0.4) is 0 Å². The lowest BCUT2D eigenvalue weighted by Crippen LogP contribution is -2.63. The van der Waals surface area contributed by atoms with Gasteiger partial charge in [-0.3, -0.25) is 9.59 Å². The highest BCUT2D eigenvalue weighted by atomic mass is 32.2. The average molecular weight is 505 g/mol. The number of nitroso groups, excluding NO2 is 1. The molecule has 1 aromatic rings. The molecule has 0 spiro atoms. The maximum absolute atomic E-state index is 12.9. The quantitative estimate of drug-likeness (QED) is 0.298. The van der Waals surface area contributed by atoms with Gasteiger partial charge in [0.25, 0.3) is 0 Å². The lowest BCUT2D eigenvalue weighted by atomic mass is 9.79. The van der Waals surface area contributed by atoms with Gasteiger partial charge in [0.2, 0.25) is 11.8 Å². The highest BCUT2D eigenvalue weighted by molar-refractivity contribution is 8.03. The van der Waals surface area contributed by atoms with Crippen molar-refractivity contribution in [1.29, 1.82) is 0 Å². The number of hydrogen-bond acceptors (Lipinski definition) is 8. The number of anilines is 1. The Kier molecular flexibility index (Phi) is 6.56. The molecule has 0 radical (unpaired) electrons. The van der Waals surface area contributed by atoms with Crippen LogP contribution >= 0.6 is 11.8 Å². The Labute approximate surface area is 203 Å². The Hall–Kier alpha value is -3.45. The first-order chi connectivity index (χ1) is 16.5. The number of aliphatic carboxylic acids is 1. The number of aromatic carboxylic acids is 1. The highest BCUT2D eigenvalue weighted by Crippen LogP contribution is 2.52. The van der Waals surface area contributed by atoms with Crippen molar-refractivity contribution in [3.05, 3.63) is 45.3 Å². The molecule has 0 unspecified atom stereocenters. The number of aliphatic hydroxyl groups is 1. The van der Waals surface area contributed by atoms with Crippen LogP contribution in [0.5, 0.6) is 0 Å². The maximum atomic E-state index is 12.9. The second kappa shape index (κ2) is 9.30. The SMILES string of the molecule is C[C@@H](O)[C@H]1C(=O)N2C(C(=O)O)=C(S[C@H]3C[C@@H](C(=O)Nc4cccc(C(=O)O)c4)N(N=O)C3)[C@H](C)[C@H]12. The number of benzene rings is 1. The topological polar surface area (TPSA) is 177 Å². The Morgan fingerprint density at radius 2 is 1.94 bits per heavy atom. The van der Waals surface area contributed by atoms with E-state index in [-0.39, 0.29) is 41.1 Å². The summed E-state index contributed by atoms with van der Waals surface area (Å²) < 4.78 is 0. The number of thioether (sulfide) groups is 1. The van der Waals surface area contributed by atoms with E-state index in [0.717, 1.165) is 5.01 Å². The van der Waals surface area contributed by atoms with Crippen molar-refractivity contribution in [3.8, 4) is 0 Å². The molecule has 4 rings (SSSR count). The third kappa shape index (κ3) is 4.25. The van der Waals surface area contributed by atoms with Gasteiger partial charge in [0, 0.05) is 21.8 Å². The fourth-order valence-electron chi connectivity index (χ4n) is 5.01. The van der Waals surface area contributed by atoms with Crippen LogP contribution in [0.1, 0.15) is 30.6 Å². The molecule has 3 aliphatic heterocycles. The Bertz CT molecular complexity index is 1140. The number of carboxylic acid groups (broad SMARTS) is 2. The van der Waals surface area contributed by atoms with Crippen LogP contribution < -0.4 is 5.32 Å². The molecule has 2 fully saturated rings. The number of nitrogens with one attached hydrogen (secondary N) is 1. The van der Waals surface area contributed by atoms with Gasteiger partial charge in [-0.05, 0) is 31.5 Å². The van der Waals surface area contributed by atoms with Crippen LogP contribution in [-0.4, -0.2) is 79.0 Å². The average Bonchev–Trinajstić information content (AvgIpc) is 3.31. The van der Waals surface area contributed by atoms with Gasteiger partial charge in [0.1, 0.15) is 11.7 Å². The fraction of sp³-hybridized carbons (Fsp3) is 0.455. The van der Waals surface area contributed by atoms with E-state index in [0.29, 0.717) is 4.91 Å². The van der Waals surface area contributed by atoms with Gasteiger partial charge in [-0.1, -0.05) is 13.0 Å². The molecule has 4 N–H and O–H groups in total. The van der Waals surface area contributed by atoms with E-state index in [1.54, 1.807) is 6.92 Å². The van der Waals surface area contributed by atoms with Gasteiger partial charge < -0.3 is 25.5 Å². The third-order valence-electron chi connectivity index (χ3n) is 6.63. The fourth-order valence-corrected chi connectivity index (χ4v) is 6.53. The second-order valence-corrected chi connectivity index (χ2v) is 10.2. The molecule has 1 aromatic carbocycles. The van der Waals surface area contributed by atoms with Crippen molar-refractivity contribution in [3.63, 3.8) is 0 Å². The molecule has 2 amide bonds. The first kappa shape index (κ1) is 24.7. The van der Waals surface area contributed by atoms with Crippen molar-refractivity contribution >= 4 is 41.2 Å². The number of carbonyl (C=O) groups excluding carboxylic acids is 2. The summed E-state index contributed by atoms with van der Waals surface area (Å²) in [5.74, 6) is -4.41. The van der Waals surface area contributed by atoms with Crippen LogP contribution in [0, 0.1) is 16.7 Å². The lowest BCUT2D eigenvalue weighted by Gasteiger charge is -2.46. The van der Waals surface area contributed by atoms with Crippen LogP contribution in [-0.2, 0) is 14.4 Å². The smallest absolute Gasteiger partial charge is 0.353 e. The van der Waals surface area contributed by atoms with Gasteiger partial charge in [-0.2, -0.15) is 0 Å². The number of carbonyl (C=O) groups is 4. The monoisotopic (exact) mass is 504 g/mol. The van der Waals surface area contributed by atoms with Crippen molar-refractivity contribution in [1.82, 2.24) is 9.91 Å². The number of carboxylic acids is 2. The van der Waals surface area contributed by atoms with Gasteiger partial charge in [0.15, 0.2) is 0 Å². The molecule has 0 bridgehead atoms. The molecule has 3 aliphatic rings. The first-order valence-electron chi connectivity index (χ1n) is 10.9. The summed E-state index contributed by atoms with van der Waals surface area (Å²) in [5, 5.41) is 35.2. The van der Waals surface area contributed by atoms with E-state index in [9.17, 15) is 34.3 Å². The van der Waals surface area contributed by atoms with Crippen LogP contribution in [0.25, 0.3) is 0 Å². The minimum Gasteiger partial charge on any atom is -0.478 e. The molecule has 12 nitrogen and oxygen atoms in total. The number of aliphatic hydroxyl groups excluding tert-OH is 1. The summed E-state index contributed by atoms with van der Waals surface area (Å²) in [6, 6.07) is 4.28. The standard InChI is InChI=1S/C22H24N4O8S/c1-9-16-15(10(2)27)20(29)26(16)17(22(32)33)18(9)35-13-7-14(25(8-13)24-34)19(28)23-12-5-3-4-11(6-12)21(30)31/h3-6,9-10,13-16,27H,7-8H2,1-2H3,(H,23,28)(H,30,31)(H,32,33)/t9-,10-,13+,14+,15-,16-/m1/s1. The molecule has 13 heteroatoms. The van der Waals surface area contributed by atoms with Crippen molar-refractivity contribution in [2.75, 3.05) is 11.9 Å². The summed E-state index contributed by atoms with van der Waals surface area (Å²) in [4.78, 5) is 61.7. The Morgan fingerprint density at radius 1 is 1.23 bits per heavy atom. The number of nitrogens with zero attached hydrogens (tertiary/aromatic N) is 3. The molecular formula is C22H24N4O8S. The molecule has 0 aliphatic carbocycles. The highest BCUT2D eigenvalue weighted by Gasteiger charge is 2.60. The summed E-state index contributed by atoms with van der Waals surface area (Å²) in [7, 11) is 0. The molecule has 35 heavy (non-hydrogen) atoms. The number of amides is 2. The van der Waals surface area contributed by atoms with Gasteiger partial charge in [-0.25, -0.2) is 14.6 Å². The van der Waals surface area contributed by atoms with Crippen LogP contribution in [0.15, 0.2) is 40.2 Å². The molecular weight excluding hydrogens is 480 g/mol. The zero-order chi connectivity index (χ0) is 25.6. The molecule has 0 aromatic heterocycles. The van der Waals surface area contributed by atoms with Crippen LogP contribution in [0.2, 0.25) is 0 Å². The Balaban J connectivity index is 1.50. The number of hydrogen-bond donors (Lipinski definition) is 4. The van der Waals surface area contributed by atoms with Crippen molar-refractivity contribution in [2.45, 2.75) is 43.7 Å². The summed E-state index contributed by atoms with van der Waals surface area (Å²) >= 11 is 1.20. The van der Waals surface area contributed by atoms with Crippen molar-refractivity contribution < 1.29 is 34.5 Å². The van der Waals surface area contributed by atoms with Gasteiger partial charge in [0.05, 0.1) is 35.5 Å². The largest absolute Gasteiger partial charge is 0.478 e. The van der Waals surface area contributed by atoms with E-state index in [4.69, 9.17) is 5.11 Å². The van der Waals surface area contributed by atoms with E-state index in [2.05, 4.69) is 10.6 Å². The summed E-state index contributed by atoms with van der Waals surface area (Å²) in [6.07, 6.45) is -0.734. The number of β-lactam (4-membered cyclic amide) rings is 1. The second-order valence-electron chi connectivity index (χ2n) is 8.84. The van der Waals surface area contributed by atoms with Gasteiger partial charge >= 0.3 is 11.9 Å². The molecule has 6 atom stereocenters. The predicted octanol–water partition coefficient (Wildman–Crippen LogP) is 1.33. The molecule has 0 saturated carbocycles. The Morgan fingerprint density at radius 3 is 2.54 bits per heavy atom. The first-order valence-corrected chi connectivity index (χ1v) is 11.8. The zero-order valence-electron chi connectivity index (χ0n) is 18.8. The summed E-state index contributed by atoms with van der Waals surface area (Å²) in [5.41, 5.74) is 0.119. The predicted molar refractivity (Wildman–Crippen MR) is 124 cm³/mol. The molecule has 2 saturated heterocycles. The molecule has 3 heterocycles. The maximum Gasteiger partial charge on any atom is 0.353 e. The van der Waals surface area contributed by atoms with E-state index < -0.39 is 47.9 Å². The zero-order valence-corrected chi connectivity index (χ0v) is 19.6. The van der Waals surface area contributed by atoms with E-state index in [1.807, 2.05) is 0 Å². The minimum absolute atomic E-state index is 0.00828. The van der Waals surface area contributed by atoms with Gasteiger partial charge in [-0.15, -0.1) is 16.7 Å². The normalized spacial score (nSPS) is 28.4.